The number of ether oxygens (including phenoxy) is 1. The molecular weight excluding hydrogens is 242 g/mol. The molecule has 0 saturated heterocycles. The minimum absolute atomic E-state index is 0.0504. The Morgan fingerprint density at radius 2 is 2.00 bits per heavy atom. The fourth-order valence-electron chi connectivity index (χ4n) is 2.78. The molecule has 0 N–H and O–H groups in total. The van der Waals surface area contributed by atoms with Gasteiger partial charge in [-0.15, -0.1) is 0 Å². The third-order valence-corrected chi connectivity index (χ3v) is 3.27. The van der Waals surface area contributed by atoms with Gasteiger partial charge in [0.2, 0.25) is 0 Å². The fourth-order valence-corrected chi connectivity index (χ4v) is 2.78. The second kappa shape index (κ2) is 5.51. The highest BCUT2D eigenvalue weighted by Crippen LogP contribution is 2.37. The van der Waals surface area contributed by atoms with Crippen molar-refractivity contribution in [2.24, 2.45) is 11.3 Å². The first-order chi connectivity index (χ1) is 8.48. The lowest BCUT2D eigenvalue weighted by Gasteiger charge is -2.36. The number of carbonyl (C=O) groups is 2. The van der Waals surface area contributed by atoms with Crippen molar-refractivity contribution in [1.29, 1.82) is 0 Å². The number of hydrogen-bond donors (Lipinski definition) is 0. The molecule has 0 bridgehead atoms. The zero-order chi connectivity index (χ0) is 14.8. The molecule has 0 aliphatic heterocycles. The molecule has 0 aromatic heterocycles. The van der Waals surface area contributed by atoms with Crippen LogP contribution in [0.25, 0.3) is 0 Å². The topological polar surface area (TPSA) is 46.6 Å². The van der Waals surface area contributed by atoms with Crippen molar-refractivity contribution >= 4 is 11.9 Å². The summed E-state index contributed by atoms with van der Waals surface area (Å²) in [5, 5.41) is 0. The fraction of sp³-hybridized carbons (Fsp3) is 0.867. The van der Waals surface area contributed by atoms with Gasteiger partial charge in [0.1, 0.15) is 11.4 Å². The Morgan fingerprint density at radius 1 is 1.42 bits per heavy atom. The Kier molecular flexibility index (Phi) is 4.64. The average molecular weight is 269 g/mol. The van der Waals surface area contributed by atoms with E-state index in [4.69, 9.17) is 4.74 Å². The smallest absolute Gasteiger partial charge is 0.410 e. The summed E-state index contributed by atoms with van der Waals surface area (Å²) in [6.45, 7) is 10.4. The number of amides is 1. The first-order valence-electron chi connectivity index (χ1n) is 6.94. The van der Waals surface area contributed by atoms with Gasteiger partial charge in [0.05, 0.1) is 0 Å². The average Bonchev–Trinajstić information content (AvgIpc) is 2.10. The highest BCUT2D eigenvalue weighted by Gasteiger charge is 2.34. The van der Waals surface area contributed by atoms with Gasteiger partial charge in [-0.25, -0.2) is 4.79 Å². The van der Waals surface area contributed by atoms with Gasteiger partial charge >= 0.3 is 6.09 Å². The third-order valence-electron chi connectivity index (χ3n) is 3.27. The molecule has 4 nitrogen and oxygen atoms in total. The van der Waals surface area contributed by atoms with Crippen LogP contribution in [0.4, 0.5) is 4.79 Å². The molecule has 0 aromatic rings. The van der Waals surface area contributed by atoms with Gasteiger partial charge in [0, 0.05) is 26.4 Å². The molecule has 1 saturated carbocycles. The lowest BCUT2D eigenvalue weighted by molar-refractivity contribution is -0.125. The maximum Gasteiger partial charge on any atom is 0.410 e. The van der Waals surface area contributed by atoms with Crippen LogP contribution in [0.3, 0.4) is 0 Å². The van der Waals surface area contributed by atoms with Gasteiger partial charge in [0.25, 0.3) is 0 Å². The van der Waals surface area contributed by atoms with Crippen LogP contribution in [-0.4, -0.2) is 36.0 Å². The predicted molar refractivity (Wildman–Crippen MR) is 75.0 cm³/mol. The second-order valence-corrected chi connectivity index (χ2v) is 7.51. The zero-order valence-corrected chi connectivity index (χ0v) is 13.1. The Morgan fingerprint density at radius 3 is 2.47 bits per heavy atom. The molecule has 0 radical (unpaired) electrons. The van der Waals surface area contributed by atoms with Crippen LogP contribution < -0.4 is 0 Å². The van der Waals surface area contributed by atoms with Crippen molar-refractivity contribution in [3.63, 3.8) is 0 Å². The van der Waals surface area contributed by atoms with E-state index in [0.29, 0.717) is 25.2 Å². The number of ketones is 1. The van der Waals surface area contributed by atoms with Crippen LogP contribution >= 0.6 is 0 Å². The van der Waals surface area contributed by atoms with Crippen molar-refractivity contribution in [2.45, 2.75) is 59.5 Å². The second-order valence-electron chi connectivity index (χ2n) is 7.51. The van der Waals surface area contributed by atoms with Crippen LogP contribution in [0.2, 0.25) is 0 Å². The Labute approximate surface area is 116 Å². The minimum atomic E-state index is -0.479. The van der Waals surface area contributed by atoms with Gasteiger partial charge in [-0.1, -0.05) is 13.8 Å². The monoisotopic (exact) mass is 269 g/mol. The SMILES string of the molecule is CN(CC1CC(=O)CC(C)(C)C1)C(=O)OC(C)(C)C. The van der Waals surface area contributed by atoms with Crippen LogP contribution in [-0.2, 0) is 9.53 Å². The molecule has 110 valence electrons. The molecule has 0 heterocycles. The van der Waals surface area contributed by atoms with E-state index in [1.807, 2.05) is 20.8 Å². The van der Waals surface area contributed by atoms with Crippen LogP contribution in [0.15, 0.2) is 0 Å². The maximum atomic E-state index is 11.9. The Bertz CT molecular complexity index is 355. The summed E-state index contributed by atoms with van der Waals surface area (Å²) in [6, 6.07) is 0. The molecule has 1 unspecified atom stereocenters. The summed E-state index contributed by atoms with van der Waals surface area (Å²) in [5.74, 6) is 0.549. The Hall–Kier alpha value is -1.06. The first-order valence-corrected chi connectivity index (χ1v) is 6.94. The van der Waals surface area contributed by atoms with Gasteiger partial charge in [-0.05, 0) is 38.5 Å². The van der Waals surface area contributed by atoms with E-state index in [1.165, 1.54) is 0 Å². The maximum absolute atomic E-state index is 11.9. The molecule has 0 aromatic carbocycles. The highest BCUT2D eigenvalue weighted by atomic mass is 16.6. The lowest BCUT2D eigenvalue weighted by atomic mass is 9.71. The lowest BCUT2D eigenvalue weighted by Crippen LogP contribution is -2.40. The molecule has 1 fully saturated rings. The first kappa shape index (κ1) is 16.0. The summed E-state index contributed by atoms with van der Waals surface area (Å²) in [6.07, 6.45) is 1.89. The standard InChI is InChI=1S/C15H27NO3/c1-14(2,3)19-13(18)16(6)10-11-7-12(17)9-15(4,5)8-11/h11H,7-10H2,1-6H3. The zero-order valence-electron chi connectivity index (χ0n) is 13.1. The van der Waals surface area contributed by atoms with Gasteiger partial charge in [-0.3, -0.25) is 4.79 Å². The van der Waals surface area contributed by atoms with Gasteiger partial charge < -0.3 is 9.64 Å². The number of rotatable bonds is 2. The Balaban J connectivity index is 2.54. The van der Waals surface area contributed by atoms with Gasteiger partial charge in [0.15, 0.2) is 0 Å². The summed E-state index contributed by atoms with van der Waals surface area (Å²) >= 11 is 0. The highest BCUT2D eigenvalue weighted by molar-refractivity contribution is 5.80. The van der Waals surface area contributed by atoms with Crippen molar-refractivity contribution < 1.29 is 14.3 Å². The van der Waals surface area contributed by atoms with Crippen molar-refractivity contribution in [3.05, 3.63) is 0 Å². The number of nitrogens with zero attached hydrogens (tertiary/aromatic N) is 1. The normalized spacial score (nSPS) is 23.1. The van der Waals surface area contributed by atoms with Crippen molar-refractivity contribution in [1.82, 2.24) is 4.90 Å². The molecule has 1 amide bonds. The van der Waals surface area contributed by atoms with E-state index in [1.54, 1.807) is 11.9 Å². The largest absolute Gasteiger partial charge is 0.444 e. The molecule has 1 aliphatic rings. The van der Waals surface area contributed by atoms with E-state index in [9.17, 15) is 9.59 Å². The molecule has 19 heavy (non-hydrogen) atoms. The quantitative estimate of drug-likeness (QED) is 0.773. The summed E-state index contributed by atoms with van der Waals surface area (Å²) in [4.78, 5) is 25.2. The van der Waals surface area contributed by atoms with E-state index >= 15 is 0 Å². The van der Waals surface area contributed by atoms with E-state index in [0.717, 1.165) is 6.42 Å². The summed E-state index contributed by atoms with van der Waals surface area (Å²) in [7, 11) is 1.74. The summed E-state index contributed by atoms with van der Waals surface area (Å²) in [5.41, 5.74) is -0.429. The van der Waals surface area contributed by atoms with Crippen LogP contribution in [0, 0.1) is 11.3 Å². The molecule has 4 heteroatoms. The van der Waals surface area contributed by atoms with Crippen LogP contribution in [0.1, 0.15) is 53.9 Å². The molecule has 1 aliphatic carbocycles. The van der Waals surface area contributed by atoms with Crippen LogP contribution in [0.5, 0.6) is 0 Å². The number of hydrogen-bond acceptors (Lipinski definition) is 3. The van der Waals surface area contributed by atoms with Crippen molar-refractivity contribution in [2.75, 3.05) is 13.6 Å². The molecule has 0 spiro atoms. The van der Waals surface area contributed by atoms with Gasteiger partial charge in [-0.2, -0.15) is 0 Å². The third kappa shape index (κ3) is 5.62. The summed E-state index contributed by atoms with van der Waals surface area (Å²) < 4.78 is 5.32. The molecular formula is C15H27NO3. The van der Waals surface area contributed by atoms with E-state index < -0.39 is 5.60 Å². The molecule has 1 rings (SSSR count). The van der Waals surface area contributed by atoms with Crippen molar-refractivity contribution in [3.8, 4) is 0 Å². The van der Waals surface area contributed by atoms with E-state index in [-0.39, 0.29) is 17.4 Å². The number of Topliss-reactive ketones (excluding diaryl/α,β-unsaturated/α-hetero) is 1. The predicted octanol–water partition coefficient (Wildman–Crippen LogP) is 3.25. The molecule has 1 atom stereocenters. The van der Waals surface area contributed by atoms with E-state index in [2.05, 4.69) is 13.8 Å². The number of carbonyl (C=O) groups excluding carboxylic acids is 2. The minimum Gasteiger partial charge on any atom is -0.444 e.